The van der Waals surface area contributed by atoms with Crippen LogP contribution < -0.4 is 10.1 Å². The first kappa shape index (κ1) is 15.0. The fraction of sp³-hybridized carbons (Fsp3) is 0.333. The number of halogens is 1. The number of carbonyl (C=O) groups is 2. The van der Waals surface area contributed by atoms with Crippen LogP contribution in [-0.2, 0) is 14.3 Å². The summed E-state index contributed by atoms with van der Waals surface area (Å²) in [6.45, 7) is 2.20. The van der Waals surface area contributed by atoms with E-state index in [-0.39, 0.29) is 23.3 Å². The Labute approximate surface area is 121 Å². The van der Waals surface area contributed by atoms with Crippen molar-refractivity contribution in [2.45, 2.75) is 13.3 Å². The Morgan fingerprint density at radius 2 is 2.19 bits per heavy atom. The Balaban J connectivity index is 2.54. The molecular weight excluding hydrogens is 277 g/mol. The van der Waals surface area contributed by atoms with Gasteiger partial charge in [-0.05, 0) is 25.5 Å². The second-order valence-corrected chi connectivity index (χ2v) is 4.43. The van der Waals surface area contributed by atoms with E-state index in [9.17, 15) is 14.0 Å². The summed E-state index contributed by atoms with van der Waals surface area (Å²) in [7, 11) is 1.42. The van der Waals surface area contributed by atoms with Gasteiger partial charge in [-0.3, -0.25) is 4.79 Å². The number of carbonyl (C=O) groups excluding carboxylic acids is 2. The Kier molecular flexibility index (Phi) is 4.57. The van der Waals surface area contributed by atoms with Crippen molar-refractivity contribution in [3.05, 3.63) is 35.2 Å². The van der Waals surface area contributed by atoms with Gasteiger partial charge in [-0.25, -0.2) is 9.18 Å². The lowest BCUT2D eigenvalue weighted by atomic mass is 9.94. The molecule has 0 saturated carbocycles. The van der Waals surface area contributed by atoms with Crippen LogP contribution in [0.4, 0.5) is 4.39 Å². The molecule has 6 heteroatoms. The zero-order chi connectivity index (χ0) is 15.4. The molecule has 0 bridgehead atoms. The molecule has 21 heavy (non-hydrogen) atoms. The number of esters is 1. The molecule has 0 spiro atoms. The van der Waals surface area contributed by atoms with Crippen LogP contribution in [0.3, 0.4) is 0 Å². The number of hydrogen-bond donors (Lipinski definition) is 1. The van der Waals surface area contributed by atoms with Crippen LogP contribution in [0.15, 0.2) is 23.8 Å². The summed E-state index contributed by atoms with van der Waals surface area (Å²) < 4.78 is 24.0. The SMILES string of the molecule is CCOC(=O)C1=C(c2ccc(OC)cc2F)C(=O)NCC1. The highest BCUT2D eigenvalue weighted by atomic mass is 19.1. The second kappa shape index (κ2) is 6.39. The smallest absolute Gasteiger partial charge is 0.334 e. The molecule has 1 N–H and O–H groups in total. The lowest BCUT2D eigenvalue weighted by Gasteiger charge is -2.20. The molecular formula is C15H16FNO4. The van der Waals surface area contributed by atoms with Crippen molar-refractivity contribution in [1.29, 1.82) is 0 Å². The van der Waals surface area contributed by atoms with Crippen molar-refractivity contribution < 1.29 is 23.5 Å². The fourth-order valence-corrected chi connectivity index (χ4v) is 2.18. The molecule has 0 aliphatic carbocycles. The summed E-state index contributed by atoms with van der Waals surface area (Å²) in [5.74, 6) is -1.35. The predicted octanol–water partition coefficient (Wildman–Crippen LogP) is 1.67. The molecule has 0 atom stereocenters. The third-order valence-corrected chi connectivity index (χ3v) is 3.16. The maximum absolute atomic E-state index is 14.2. The van der Waals surface area contributed by atoms with E-state index in [1.165, 1.54) is 25.3 Å². The van der Waals surface area contributed by atoms with Gasteiger partial charge in [0, 0.05) is 18.2 Å². The van der Waals surface area contributed by atoms with Crippen LogP contribution in [0.2, 0.25) is 0 Å². The molecule has 1 aromatic carbocycles. The standard InChI is InChI=1S/C15H16FNO4/c1-3-21-15(19)11-6-7-17-14(18)13(11)10-5-4-9(20-2)8-12(10)16/h4-5,8H,3,6-7H2,1-2H3,(H,17,18). The van der Waals surface area contributed by atoms with Crippen molar-refractivity contribution in [2.75, 3.05) is 20.3 Å². The van der Waals surface area contributed by atoms with Gasteiger partial charge in [0.05, 0.1) is 24.9 Å². The number of methoxy groups -OCH3 is 1. The van der Waals surface area contributed by atoms with E-state index in [4.69, 9.17) is 9.47 Å². The fourth-order valence-electron chi connectivity index (χ4n) is 2.18. The largest absolute Gasteiger partial charge is 0.497 e. The summed E-state index contributed by atoms with van der Waals surface area (Å²) in [5.41, 5.74) is 0.292. The molecule has 1 aliphatic rings. The van der Waals surface area contributed by atoms with Crippen molar-refractivity contribution >= 4 is 17.4 Å². The highest BCUT2D eigenvalue weighted by molar-refractivity contribution is 6.26. The Bertz CT molecular complexity index is 610. The van der Waals surface area contributed by atoms with Gasteiger partial charge in [0.25, 0.3) is 5.91 Å². The van der Waals surface area contributed by atoms with Crippen LogP contribution in [0.5, 0.6) is 5.75 Å². The van der Waals surface area contributed by atoms with E-state index >= 15 is 0 Å². The second-order valence-electron chi connectivity index (χ2n) is 4.43. The van der Waals surface area contributed by atoms with Gasteiger partial charge in [0.15, 0.2) is 0 Å². The quantitative estimate of drug-likeness (QED) is 0.858. The number of amides is 1. The van der Waals surface area contributed by atoms with Crippen LogP contribution in [0.1, 0.15) is 18.9 Å². The van der Waals surface area contributed by atoms with Crippen molar-refractivity contribution in [1.82, 2.24) is 5.32 Å². The molecule has 0 aromatic heterocycles. The zero-order valence-corrected chi connectivity index (χ0v) is 11.9. The molecule has 5 nitrogen and oxygen atoms in total. The van der Waals surface area contributed by atoms with Gasteiger partial charge in [-0.15, -0.1) is 0 Å². The maximum atomic E-state index is 14.2. The van der Waals surface area contributed by atoms with Gasteiger partial charge in [-0.1, -0.05) is 0 Å². The summed E-state index contributed by atoms with van der Waals surface area (Å²) in [5, 5.41) is 2.61. The molecule has 1 amide bonds. The van der Waals surface area contributed by atoms with Gasteiger partial charge >= 0.3 is 5.97 Å². The molecule has 1 aromatic rings. The van der Waals surface area contributed by atoms with Crippen molar-refractivity contribution in [2.24, 2.45) is 0 Å². The molecule has 112 valence electrons. The van der Waals surface area contributed by atoms with Crippen LogP contribution >= 0.6 is 0 Å². The van der Waals surface area contributed by atoms with E-state index in [0.717, 1.165) is 0 Å². The Hall–Kier alpha value is -2.37. The van der Waals surface area contributed by atoms with E-state index in [2.05, 4.69) is 5.32 Å². The van der Waals surface area contributed by atoms with E-state index in [1.807, 2.05) is 0 Å². The summed E-state index contributed by atoms with van der Waals surface area (Å²) in [6.07, 6.45) is 0.311. The number of benzene rings is 1. The van der Waals surface area contributed by atoms with Gasteiger partial charge < -0.3 is 14.8 Å². The zero-order valence-electron chi connectivity index (χ0n) is 11.9. The number of ether oxygens (including phenoxy) is 2. The van der Waals surface area contributed by atoms with Crippen molar-refractivity contribution in [3.63, 3.8) is 0 Å². The topological polar surface area (TPSA) is 64.6 Å². The summed E-state index contributed by atoms with van der Waals surface area (Å²) in [6, 6.07) is 4.14. The first-order valence-electron chi connectivity index (χ1n) is 6.60. The first-order valence-corrected chi connectivity index (χ1v) is 6.60. The lowest BCUT2D eigenvalue weighted by molar-refractivity contribution is -0.139. The monoisotopic (exact) mass is 293 g/mol. The van der Waals surface area contributed by atoms with Crippen LogP contribution in [-0.4, -0.2) is 32.1 Å². The van der Waals surface area contributed by atoms with E-state index < -0.39 is 17.7 Å². The third kappa shape index (κ3) is 3.04. The number of nitrogens with one attached hydrogen (secondary N) is 1. The molecule has 1 heterocycles. The molecule has 0 radical (unpaired) electrons. The van der Waals surface area contributed by atoms with Gasteiger partial charge in [0.2, 0.25) is 0 Å². The molecule has 2 rings (SSSR count). The highest BCUT2D eigenvalue weighted by Gasteiger charge is 2.28. The molecule has 0 fully saturated rings. The Morgan fingerprint density at radius 3 is 2.81 bits per heavy atom. The highest BCUT2D eigenvalue weighted by Crippen LogP contribution is 2.29. The van der Waals surface area contributed by atoms with E-state index in [0.29, 0.717) is 18.7 Å². The minimum Gasteiger partial charge on any atom is -0.497 e. The van der Waals surface area contributed by atoms with Crippen LogP contribution in [0, 0.1) is 5.82 Å². The number of rotatable bonds is 4. The first-order chi connectivity index (χ1) is 10.1. The van der Waals surface area contributed by atoms with Crippen molar-refractivity contribution in [3.8, 4) is 5.75 Å². The van der Waals surface area contributed by atoms with Gasteiger partial charge in [0.1, 0.15) is 11.6 Å². The van der Waals surface area contributed by atoms with E-state index in [1.54, 1.807) is 6.92 Å². The average Bonchev–Trinajstić information content (AvgIpc) is 2.47. The minimum absolute atomic E-state index is 0.0276. The summed E-state index contributed by atoms with van der Waals surface area (Å²) in [4.78, 5) is 24.0. The minimum atomic E-state index is -0.622. The molecule has 0 saturated heterocycles. The predicted molar refractivity (Wildman–Crippen MR) is 74.1 cm³/mol. The summed E-state index contributed by atoms with van der Waals surface area (Å²) >= 11 is 0. The molecule has 1 aliphatic heterocycles. The lowest BCUT2D eigenvalue weighted by Crippen LogP contribution is -2.33. The molecule has 0 unspecified atom stereocenters. The number of hydrogen-bond acceptors (Lipinski definition) is 4. The van der Waals surface area contributed by atoms with Gasteiger partial charge in [-0.2, -0.15) is 0 Å². The maximum Gasteiger partial charge on any atom is 0.334 e. The normalized spacial score (nSPS) is 14.7. The average molecular weight is 293 g/mol. The third-order valence-electron chi connectivity index (χ3n) is 3.16. The van der Waals surface area contributed by atoms with Crippen LogP contribution in [0.25, 0.3) is 5.57 Å². The Morgan fingerprint density at radius 1 is 1.43 bits per heavy atom.